The van der Waals surface area contributed by atoms with E-state index in [0.717, 1.165) is 34.3 Å². The first-order valence-electron chi connectivity index (χ1n) is 11.0. The third-order valence-corrected chi connectivity index (χ3v) is 8.06. The molecule has 6 rings (SSSR count). The maximum Gasteiger partial charge on any atom is 0.264 e. The average molecular weight is 551 g/mol. The number of ether oxygens (including phenoxy) is 1. The number of hydrogen-bond donors (Lipinski definition) is 1. The van der Waals surface area contributed by atoms with E-state index >= 15 is 0 Å². The molecule has 0 fully saturated rings. The summed E-state index contributed by atoms with van der Waals surface area (Å²) < 4.78 is 62.3. The van der Waals surface area contributed by atoms with Crippen LogP contribution in [0.4, 0.5) is 14.5 Å². The predicted molar refractivity (Wildman–Crippen MR) is 139 cm³/mol. The van der Waals surface area contributed by atoms with Gasteiger partial charge in [0.25, 0.3) is 10.0 Å². The SMILES string of the molecule is COc1ncc(-c2nn3c(-c4cnc5ccccc5c4)cnc3s2)cc1NS(=O)(=O)c1ccc(F)cc1F. The lowest BCUT2D eigenvalue weighted by Gasteiger charge is -2.12. The molecule has 0 amide bonds. The Labute approximate surface area is 218 Å². The van der Waals surface area contributed by atoms with E-state index in [-0.39, 0.29) is 11.6 Å². The molecule has 0 radical (unpaired) electrons. The largest absolute Gasteiger partial charge is 0.480 e. The molecule has 2 aromatic carbocycles. The van der Waals surface area contributed by atoms with Gasteiger partial charge in [0.05, 0.1) is 24.5 Å². The van der Waals surface area contributed by atoms with Gasteiger partial charge < -0.3 is 4.74 Å². The molecule has 38 heavy (non-hydrogen) atoms. The number of imidazole rings is 1. The Morgan fingerprint density at radius 1 is 0.947 bits per heavy atom. The number of nitrogens with zero attached hydrogens (tertiary/aromatic N) is 5. The van der Waals surface area contributed by atoms with Gasteiger partial charge in [0, 0.05) is 35.0 Å². The normalized spacial score (nSPS) is 11.8. The summed E-state index contributed by atoms with van der Waals surface area (Å²) in [5.74, 6) is -2.16. The maximum atomic E-state index is 14.2. The lowest BCUT2D eigenvalue weighted by molar-refractivity contribution is 0.400. The zero-order valence-corrected chi connectivity index (χ0v) is 21.1. The molecule has 4 aromatic heterocycles. The van der Waals surface area contributed by atoms with Gasteiger partial charge in [0.15, 0.2) is 0 Å². The maximum absolute atomic E-state index is 14.2. The molecule has 0 saturated carbocycles. The molecule has 6 aromatic rings. The van der Waals surface area contributed by atoms with Gasteiger partial charge in [0.2, 0.25) is 10.8 Å². The van der Waals surface area contributed by atoms with E-state index in [9.17, 15) is 17.2 Å². The molecule has 13 heteroatoms. The Kier molecular flexibility index (Phi) is 5.73. The van der Waals surface area contributed by atoms with Crippen molar-refractivity contribution in [1.29, 1.82) is 0 Å². The van der Waals surface area contributed by atoms with Crippen LogP contribution in [0.25, 0.3) is 37.7 Å². The number of aromatic nitrogens is 5. The van der Waals surface area contributed by atoms with Gasteiger partial charge in [-0.3, -0.25) is 9.71 Å². The third-order valence-electron chi connectivity index (χ3n) is 5.69. The van der Waals surface area contributed by atoms with Gasteiger partial charge in [-0.15, -0.1) is 0 Å². The van der Waals surface area contributed by atoms with Crippen molar-refractivity contribution in [2.75, 3.05) is 11.8 Å². The van der Waals surface area contributed by atoms with Gasteiger partial charge in [-0.05, 0) is 30.3 Å². The van der Waals surface area contributed by atoms with Crippen LogP contribution in [0.15, 0.2) is 78.1 Å². The number of anilines is 1. The predicted octanol–water partition coefficient (Wildman–Crippen LogP) is 5.16. The van der Waals surface area contributed by atoms with Gasteiger partial charge in [-0.1, -0.05) is 29.5 Å². The topological polar surface area (TPSA) is 111 Å². The van der Waals surface area contributed by atoms with Crippen LogP contribution in [0.1, 0.15) is 0 Å². The molecule has 0 bridgehead atoms. The average Bonchev–Trinajstić information content (AvgIpc) is 3.49. The lowest BCUT2D eigenvalue weighted by atomic mass is 10.1. The van der Waals surface area contributed by atoms with E-state index in [0.29, 0.717) is 21.6 Å². The molecule has 0 aliphatic rings. The highest BCUT2D eigenvalue weighted by Crippen LogP contribution is 2.34. The summed E-state index contributed by atoms with van der Waals surface area (Å²) in [4.78, 5) is 13.0. The Morgan fingerprint density at radius 3 is 2.58 bits per heavy atom. The molecule has 0 atom stereocenters. The van der Waals surface area contributed by atoms with E-state index in [2.05, 4.69) is 24.8 Å². The number of fused-ring (bicyclic) bond motifs is 2. The Hall–Kier alpha value is -4.49. The number of para-hydroxylation sites is 1. The zero-order valence-electron chi connectivity index (χ0n) is 19.5. The smallest absolute Gasteiger partial charge is 0.264 e. The summed E-state index contributed by atoms with van der Waals surface area (Å²) >= 11 is 1.27. The van der Waals surface area contributed by atoms with Crippen LogP contribution in [0, 0.1) is 11.6 Å². The molecule has 0 aliphatic heterocycles. The third kappa shape index (κ3) is 4.21. The number of halogens is 2. The fourth-order valence-corrected chi connectivity index (χ4v) is 5.88. The van der Waals surface area contributed by atoms with Crippen LogP contribution in [0.5, 0.6) is 5.88 Å². The van der Waals surface area contributed by atoms with Crippen LogP contribution >= 0.6 is 11.3 Å². The summed E-state index contributed by atoms with van der Waals surface area (Å²) in [5, 5.41) is 6.14. The van der Waals surface area contributed by atoms with Crippen LogP contribution < -0.4 is 9.46 Å². The number of nitrogens with one attached hydrogen (secondary N) is 1. The van der Waals surface area contributed by atoms with Crippen LogP contribution in [-0.2, 0) is 10.0 Å². The Morgan fingerprint density at radius 2 is 1.76 bits per heavy atom. The summed E-state index contributed by atoms with van der Waals surface area (Å²) in [6, 6.07) is 13.4. The monoisotopic (exact) mass is 550 g/mol. The Bertz CT molecular complexity index is 1960. The molecule has 1 N–H and O–H groups in total. The van der Waals surface area contributed by atoms with E-state index in [1.165, 1.54) is 30.7 Å². The summed E-state index contributed by atoms with van der Waals surface area (Å²) in [6.07, 6.45) is 4.93. The number of hydrogen-bond acceptors (Lipinski definition) is 8. The minimum absolute atomic E-state index is 0.0379. The highest BCUT2D eigenvalue weighted by Gasteiger charge is 2.23. The molecule has 0 spiro atoms. The van der Waals surface area contributed by atoms with Gasteiger partial charge in [-0.25, -0.2) is 31.7 Å². The second kappa shape index (κ2) is 9.11. The second-order valence-corrected chi connectivity index (χ2v) is 10.7. The molecular formula is C25H16F2N6O3S2. The molecule has 0 unspecified atom stereocenters. The second-order valence-electron chi connectivity index (χ2n) is 8.12. The first-order chi connectivity index (χ1) is 18.3. The van der Waals surface area contributed by atoms with Crippen molar-refractivity contribution in [1.82, 2.24) is 24.6 Å². The summed E-state index contributed by atoms with van der Waals surface area (Å²) in [6.45, 7) is 0. The fraction of sp³-hybridized carbons (Fsp3) is 0.0400. The van der Waals surface area contributed by atoms with E-state index < -0.39 is 26.6 Å². The quantitative estimate of drug-likeness (QED) is 0.305. The minimum atomic E-state index is -4.42. The number of benzene rings is 2. The minimum Gasteiger partial charge on any atom is -0.480 e. The van der Waals surface area contributed by atoms with E-state index in [1.807, 2.05) is 30.3 Å². The highest BCUT2D eigenvalue weighted by molar-refractivity contribution is 7.92. The number of pyridine rings is 2. The van der Waals surface area contributed by atoms with Crippen LogP contribution in [0.2, 0.25) is 0 Å². The molecule has 9 nitrogen and oxygen atoms in total. The van der Waals surface area contributed by atoms with E-state index in [4.69, 9.17) is 4.74 Å². The van der Waals surface area contributed by atoms with Crippen LogP contribution in [0.3, 0.4) is 0 Å². The molecule has 0 aliphatic carbocycles. The van der Waals surface area contributed by atoms with Gasteiger partial charge >= 0.3 is 0 Å². The highest BCUT2D eigenvalue weighted by atomic mass is 32.2. The Balaban J connectivity index is 1.38. The van der Waals surface area contributed by atoms with Crippen molar-refractivity contribution in [3.8, 4) is 27.7 Å². The number of rotatable bonds is 6. The lowest BCUT2D eigenvalue weighted by Crippen LogP contribution is -2.15. The van der Waals surface area contributed by atoms with Gasteiger partial charge in [-0.2, -0.15) is 5.10 Å². The van der Waals surface area contributed by atoms with Crippen molar-refractivity contribution in [2.45, 2.75) is 4.90 Å². The van der Waals surface area contributed by atoms with Crippen LogP contribution in [-0.4, -0.2) is 40.1 Å². The van der Waals surface area contributed by atoms with Crippen molar-refractivity contribution >= 4 is 42.9 Å². The first-order valence-corrected chi connectivity index (χ1v) is 13.3. The van der Waals surface area contributed by atoms with Crippen molar-refractivity contribution in [3.05, 3.63) is 84.8 Å². The first kappa shape index (κ1) is 23.9. The van der Waals surface area contributed by atoms with Crippen molar-refractivity contribution < 1.29 is 21.9 Å². The summed E-state index contributed by atoms with van der Waals surface area (Å²) in [5.41, 5.74) is 2.86. The standard InChI is InChI=1S/C25H16F2N6O3S2/c1-36-23-20(32-38(34,35)22-7-6-17(26)10-18(22)27)9-16(12-29-23)24-31-33-21(13-30-25(33)37-24)15-8-14-4-2-3-5-19(14)28-11-15/h2-13,32H,1H3. The molecule has 0 saturated heterocycles. The van der Waals surface area contributed by atoms with Crippen molar-refractivity contribution in [2.24, 2.45) is 0 Å². The summed E-state index contributed by atoms with van der Waals surface area (Å²) in [7, 11) is -3.10. The number of sulfonamides is 1. The van der Waals surface area contributed by atoms with Crippen molar-refractivity contribution in [3.63, 3.8) is 0 Å². The van der Waals surface area contributed by atoms with E-state index in [1.54, 1.807) is 16.9 Å². The molecular weight excluding hydrogens is 534 g/mol. The molecule has 4 heterocycles. The number of methoxy groups -OCH3 is 1. The fourth-order valence-electron chi connectivity index (χ4n) is 3.92. The zero-order chi connectivity index (χ0) is 26.4. The molecule has 190 valence electrons. The van der Waals surface area contributed by atoms with Gasteiger partial charge in [0.1, 0.15) is 27.2 Å².